The summed E-state index contributed by atoms with van der Waals surface area (Å²) in [5.74, 6) is -0.462. The van der Waals surface area contributed by atoms with Crippen LogP contribution in [0.4, 0.5) is 0 Å². The molecule has 1 aromatic carbocycles. The van der Waals surface area contributed by atoms with Gasteiger partial charge in [-0.05, 0) is 28.1 Å². The molecule has 5 nitrogen and oxygen atoms in total. The van der Waals surface area contributed by atoms with E-state index >= 15 is 0 Å². The summed E-state index contributed by atoms with van der Waals surface area (Å²) in [4.78, 5) is 28.6. The average Bonchev–Trinajstić information content (AvgIpc) is 2.94. The van der Waals surface area contributed by atoms with E-state index in [9.17, 15) is 9.59 Å². The van der Waals surface area contributed by atoms with Crippen LogP contribution in [0.1, 0.15) is 16.1 Å². The van der Waals surface area contributed by atoms with E-state index in [0.717, 1.165) is 0 Å². The largest absolute Gasteiger partial charge is 0.456 e. The van der Waals surface area contributed by atoms with Crippen molar-refractivity contribution in [1.29, 1.82) is 0 Å². The second-order valence-electron chi connectivity index (χ2n) is 4.20. The van der Waals surface area contributed by atoms with Crippen LogP contribution in [0.5, 0.6) is 0 Å². The summed E-state index contributed by atoms with van der Waals surface area (Å²) in [5.41, 5.74) is 0.683. The van der Waals surface area contributed by atoms with Crippen LogP contribution in [0.3, 0.4) is 0 Å². The SMILES string of the molecule is O=C(OCc1cc(=O)n2ccsc2n1)c1ccccc1Br. The van der Waals surface area contributed by atoms with E-state index in [1.807, 2.05) is 6.07 Å². The molecule has 0 unspecified atom stereocenters. The van der Waals surface area contributed by atoms with Crippen molar-refractivity contribution < 1.29 is 9.53 Å². The normalized spacial score (nSPS) is 10.7. The number of ether oxygens (including phenoxy) is 1. The van der Waals surface area contributed by atoms with Gasteiger partial charge in [0.15, 0.2) is 4.96 Å². The number of nitrogens with zero attached hydrogens (tertiary/aromatic N) is 2. The molecule has 7 heteroatoms. The molecule has 0 bridgehead atoms. The molecule has 106 valence electrons. The molecule has 2 aromatic heterocycles. The molecule has 0 fully saturated rings. The number of carbonyl (C=O) groups is 1. The molecule has 0 saturated heterocycles. The molecule has 0 aliphatic carbocycles. The zero-order chi connectivity index (χ0) is 14.8. The predicted octanol–water partition coefficient (Wildman–Crippen LogP) is 2.88. The maximum absolute atomic E-state index is 12.0. The van der Waals surface area contributed by atoms with E-state index < -0.39 is 5.97 Å². The Morgan fingerprint density at radius 1 is 1.38 bits per heavy atom. The van der Waals surface area contributed by atoms with Gasteiger partial charge in [-0.2, -0.15) is 0 Å². The van der Waals surface area contributed by atoms with E-state index in [0.29, 0.717) is 20.7 Å². The van der Waals surface area contributed by atoms with Gasteiger partial charge in [-0.25, -0.2) is 9.78 Å². The number of benzene rings is 1. The Balaban J connectivity index is 1.79. The fourth-order valence-corrected chi connectivity index (χ4v) is 2.99. The number of fused-ring (bicyclic) bond motifs is 1. The van der Waals surface area contributed by atoms with Gasteiger partial charge in [0.2, 0.25) is 0 Å². The molecule has 3 rings (SSSR count). The van der Waals surface area contributed by atoms with E-state index in [1.54, 1.807) is 29.8 Å². The number of carbonyl (C=O) groups excluding carboxylic acids is 1. The summed E-state index contributed by atoms with van der Waals surface area (Å²) in [5, 5.41) is 1.78. The molecule has 0 saturated carbocycles. The van der Waals surface area contributed by atoms with Crippen molar-refractivity contribution >= 4 is 38.2 Å². The number of halogens is 1. The smallest absolute Gasteiger partial charge is 0.339 e. The fraction of sp³-hybridized carbons (Fsp3) is 0.0714. The highest BCUT2D eigenvalue weighted by Gasteiger charge is 2.12. The number of aromatic nitrogens is 2. The van der Waals surface area contributed by atoms with E-state index in [2.05, 4.69) is 20.9 Å². The summed E-state index contributed by atoms with van der Waals surface area (Å²) in [7, 11) is 0. The maximum atomic E-state index is 12.0. The fourth-order valence-electron chi connectivity index (χ4n) is 1.81. The Bertz CT molecular complexity index is 872. The van der Waals surface area contributed by atoms with Gasteiger partial charge in [0.05, 0.1) is 11.3 Å². The predicted molar refractivity (Wildman–Crippen MR) is 82.6 cm³/mol. The van der Waals surface area contributed by atoms with Gasteiger partial charge >= 0.3 is 5.97 Å². The Morgan fingerprint density at radius 3 is 3.00 bits per heavy atom. The van der Waals surface area contributed by atoms with Crippen molar-refractivity contribution in [1.82, 2.24) is 9.38 Å². The van der Waals surface area contributed by atoms with Crippen molar-refractivity contribution in [2.45, 2.75) is 6.61 Å². The average molecular weight is 365 g/mol. The molecule has 0 amide bonds. The summed E-state index contributed by atoms with van der Waals surface area (Å²) in [6.45, 7) is -0.0379. The summed E-state index contributed by atoms with van der Waals surface area (Å²) >= 11 is 4.65. The van der Waals surface area contributed by atoms with Gasteiger partial charge in [0.25, 0.3) is 5.56 Å². The zero-order valence-corrected chi connectivity index (χ0v) is 13.1. The second kappa shape index (κ2) is 5.79. The third-order valence-electron chi connectivity index (χ3n) is 2.80. The zero-order valence-electron chi connectivity index (χ0n) is 10.7. The van der Waals surface area contributed by atoms with Gasteiger partial charge in [0, 0.05) is 22.1 Å². The minimum atomic E-state index is -0.462. The lowest BCUT2D eigenvalue weighted by Crippen LogP contribution is -2.14. The van der Waals surface area contributed by atoms with Crippen molar-refractivity contribution in [3.05, 3.63) is 68.0 Å². The molecular formula is C14H9BrN2O3S. The molecule has 0 radical (unpaired) electrons. The topological polar surface area (TPSA) is 60.7 Å². The van der Waals surface area contributed by atoms with Crippen molar-refractivity contribution in [3.8, 4) is 0 Å². The Kier molecular flexibility index (Phi) is 3.85. The molecule has 3 aromatic rings. The molecule has 0 aliphatic rings. The number of hydrogen-bond donors (Lipinski definition) is 0. The van der Waals surface area contributed by atoms with Crippen LogP contribution in [-0.4, -0.2) is 15.4 Å². The first-order valence-electron chi connectivity index (χ1n) is 6.02. The van der Waals surface area contributed by atoms with E-state index in [4.69, 9.17) is 4.74 Å². The highest BCUT2D eigenvalue weighted by molar-refractivity contribution is 9.10. The number of hydrogen-bond acceptors (Lipinski definition) is 5. The van der Waals surface area contributed by atoms with Crippen LogP contribution in [0.2, 0.25) is 0 Å². The monoisotopic (exact) mass is 364 g/mol. The molecule has 2 heterocycles. The number of esters is 1. The first-order chi connectivity index (χ1) is 10.1. The van der Waals surface area contributed by atoms with Crippen LogP contribution in [0.25, 0.3) is 4.96 Å². The van der Waals surface area contributed by atoms with Crippen LogP contribution in [0.15, 0.2) is 51.2 Å². The molecular weight excluding hydrogens is 356 g/mol. The Hall–Kier alpha value is -1.99. The van der Waals surface area contributed by atoms with Crippen LogP contribution >= 0.6 is 27.3 Å². The Labute approximate surface area is 132 Å². The van der Waals surface area contributed by atoms with Crippen LogP contribution < -0.4 is 5.56 Å². The van der Waals surface area contributed by atoms with E-state index in [1.165, 1.54) is 21.8 Å². The highest BCUT2D eigenvalue weighted by Crippen LogP contribution is 2.17. The summed E-state index contributed by atoms with van der Waals surface area (Å²) < 4.78 is 7.31. The van der Waals surface area contributed by atoms with Gasteiger partial charge in [-0.1, -0.05) is 12.1 Å². The lowest BCUT2D eigenvalue weighted by molar-refractivity contribution is 0.0466. The van der Waals surface area contributed by atoms with Gasteiger partial charge in [0.1, 0.15) is 6.61 Å². The van der Waals surface area contributed by atoms with Crippen molar-refractivity contribution in [2.24, 2.45) is 0 Å². The Morgan fingerprint density at radius 2 is 2.19 bits per heavy atom. The van der Waals surface area contributed by atoms with Gasteiger partial charge in [-0.3, -0.25) is 9.20 Å². The standard InChI is InChI=1S/C14H9BrN2O3S/c15-11-4-2-1-3-10(11)13(19)20-8-9-7-12(18)17-5-6-21-14(17)16-9/h1-7H,8H2. The molecule has 0 spiro atoms. The number of thiazole rings is 1. The lowest BCUT2D eigenvalue weighted by Gasteiger charge is -2.06. The van der Waals surface area contributed by atoms with Crippen LogP contribution in [-0.2, 0) is 11.3 Å². The third-order valence-corrected chi connectivity index (χ3v) is 4.25. The highest BCUT2D eigenvalue weighted by atomic mass is 79.9. The minimum Gasteiger partial charge on any atom is -0.456 e. The van der Waals surface area contributed by atoms with Gasteiger partial charge < -0.3 is 4.74 Å². The molecule has 21 heavy (non-hydrogen) atoms. The quantitative estimate of drug-likeness (QED) is 0.670. The lowest BCUT2D eigenvalue weighted by atomic mass is 10.2. The molecule has 0 N–H and O–H groups in total. The number of rotatable bonds is 3. The van der Waals surface area contributed by atoms with Gasteiger partial charge in [-0.15, -0.1) is 11.3 Å². The van der Waals surface area contributed by atoms with E-state index in [-0.39, 0.29) is 12.2 Å². The van der Waals surface area contributed by atoms with Crippen molar-refractivity contribution in [3.63, 3.8) is 0 Å². The first kappa shape index (κ1) is 14.0. The molecule has 0 aliphatic heterocycles. The second-order valence-corrected chi connectivity index (χ2v) is 5.92. The summed E-state index contributed by atoms with van der Waals surface area (Å²) in [6.07, 6.45) is 1.66. The maximum Gasteiger partial charge on any atom is 0.339 e. The first-order valence-corrected chi connectivity index (χ1v) is 7.70. The third kappa shape index (κ3) is 2.88. The summed E-state index contributed by atoms with van der Waals surface area (Å²) in [6, 6.07) is 8.36. The minimum absolute atomic E-state index is 0.0379. The van der Waals surface area contributed by atoms with Crippen LogP contribution in [0, 0.1) is 0 Å². The molecule has 0 atom stereocenters. The van der Waals surface area contributed by atoms with Crippen molar-refractivity contribution in [2.75, 3.05) is 0 Å².